The van der Waals surface area contributed by atoms with Crippen LogP contribution < -0.4 is 0 Å². The predicted molar refractivity (Wildman–Crippen MR) is 106 cm³/mol. The van der Waals surface area contributed by atoms with Crippen molar-refractivity contribution in [2.45, 2.75) is 17.5 Å². The molecule has 8 heteroatoms. The van der Waals surface area contributed by atoms with E-state index < -0.39 is 0 Å². The van der Waals surface area contributed by atoms with E-state index in [1.165, 1.54) is 12.1 Å². The number of aromatic amines is 1. The molecule has 0 saturated heterocycles. The molecule has 1 atom stereocenters. The number of halogens is 1. The van der Waals surface area contributed by atoms with Crippen molar-refractivity contribution in [3.63, 3.8) is 0 Å². The molecule has 0 saturated carbocycles. The normalized spacial score (nSPS) is 16.8. The minimum Gasteiger partial charge on any atom is -0.394 e. The van der Waals surface area contributed by atoms with E-state index in [0.29, 0.717) is 6.54 Å². The Kier molecular flexibility index (Phi) is 4.19. The van der Waals surface area contributed by atoms with Crippen LogP contribution in [0, 0.1) is 5.82 Å². The molecule has 6 nitrogen and oxygen atoms in total. The zero-order chi connectivity index (χ0) is 19.3. The number of H-pyrrole nitrogens is 1. The molecule has 2 N–H and O–H groups in total. The van der Waals surface area contributed by atoms with E-state index in [-0.39, 0.29) is 18.5 Å². The summed E-state index contributed by atoms with van der Waals surface area (Å²) in [5.41, 5.74) is 3.90. The van der Waals surface area contributed by atoms with Crippen LogP contribution in [-0.4, -0.2) is 35.8 Å². The molecule has 2 aromatic heterocycles. The second-order valence-electron chi connectivity index (χ2n) is 6.84. The molecular weight excluding hydrogens is 377 g/mol. The Morgan fingerprint density at radius 3 is 2.93 bits per heavy atom. The molecule has 0 spiro atoms. The van der Waals surface area contributed by atoms with Gasteiger partial charge in [-0.2, -0.15) is 5.10 Å². The molecule has 1 aliphatic heterocycles. The Morgan fingerprint density at radius 1 is 1.25 bits per heavy atom. The second kappa shape index (κ2) is 6.73. The van der Waals surface area contributed by atoms with Crippen LogP contribution in [0.2, 0.25) is 0 Å². The van der Waals surface area contributed by atoms with Crippen molar-refractivity contribution in [1.82, 2.24) is 24.1 Å². The van der Waals surface area contributed by atoms with Crippen molar-refractivity contribution in [3.05, 3.63) is 66.1 Å². The first-order valence-corrected chi connectivity index (χ1v) is 9.70. The Hall–Kier alpha value is -2.68. The van der Waals surface area contributed by atoms with Crippen LogP contribution in [0.1, 0.15) is 17.4 Å². The van der Waals surface area contributed by atoms with E-state index >= 15 is 0 Å². The molecule has 1 unspecified atom stereocenters. The molecule has 2 aromatic carbocycles. The van der Waals surface area contributed by atoms with Gasteiger partial charge in [-0.1, -0.05) is 6.07 Å². The first-order chi connectivity index (χ1) is 13.6. The number of fused-ring (bicyclic) bond motifs is 2. The van der Waals surface area contributed by atoms with Crippen LogP contribution in [-0.2, 0) is 13.6 Å². The summed E-state index contributed by atoms with van der Waals surface area (Å²) in [4.78, 5) is 8.55. The number of aliphatic hydroxyl groups is 1. The van der Waals surface area contributed by atoms with Gasteiger partial charge in [0.2, 0.25) is 0 Å². The highest BCUT2D eigenvalue weighted by Crippen LogP contribution is 2.46. The van der Waals surface area contributed by atoms with Crippen LogP contribution in [0.5, 0.6) is 0 Å². The van der Waals surface area contributed by atoms with Crippen LogP contribution >= 0.6 is 11.9 Å². The zero-order valence-electron chi connectivity index (χ0n) is 15.1. The van der Waals surface area contributed by atoms with E-state index in [1.807, 2.05) is 13.2 Å². The average molecular weight is 395 g/mol. The van der Waals surface area contributed by atoms with Gasteiger partial charge in [0, 0.05) is 34.6 Å². The summed E-state index contributed by atoms with van der Waals surface area (Å²) in [5.74, 6) is 0.463. The van der Waals surface area contributed by atoms with Crippen molar-refractivity contribution in [2.75, 3.05) is 6.61 Å². The quantitative estimate of drug-likeness (QED) is 0.516. The summed E-state index contributed by atoms with van der Waals surface area (Å²) < 4.78 is 17.3. The minimum absolute atomic E-state index is 0.00931. The predicted octanol–water partition coefficient (Wildman–Crippen LogP) is 3.66. The standard InChI is InChI=1S/C20H18FN5OS/c1-25-11-23-20(24-25)9-26-18(10-27)15-6-12(2-5-19(15)28-26)16-8-22-17-7-13(21)3-4-14(16)17/h2-8,11,18,22,27H,9-10H2,1H3. The van der Waals surface area contributed by atoms with Crippen molar-refractivity contribution in [2.24, 2.45) is 7.05 Å². The molecule has 3 heterocycles. The topological polar surface area (TPSA) is 70.0 Å². The number of benzene rings is 2. The van der Waals surface area contributed by atoms with Crippen molar-refractivity contribution >= 4 is 22.9 Å². The van der Waals surface area contributed by atoms with Gasteiger partial charge in [0.1, 0.15) is 12.1 Å². The Morgan fingerprint density at radius 2 is 2.14 bits per heavy atom. The first-order valence-electron chi connectivity index (χ1n) is 8.93. The van der Waals surface area contributed by atoms with Crippen molar-refractivity contribution in [3.8, 4) is 11.1 Å². The fraction of sp³-hybridized carbons (Fsp3) is 0.200. The third kappa shape index (κ3) is 2.90. The summed E-state index contributed by atoms with van der Waals surface area (Å²) in [6, 6.07) is 10.9. The Balaban J connectivity index is 1.50. The van der Waals surface area contributed by atoms with Crippen molar-refractivity contribution < 1.29 is 9.50 Å². The van der Waals surface area contributed by atoms with Crippen LogP contribution in [0.25, 0.3) is 22.0 Å². The lowest BCUT2D eigenvalue weighted by molar-refractivity contribution is 0.196. The zero-order valence-corrected chi connectivity index (χ0v) is 15.9. The van der Waals surface area contributed by atoms with Crippen LogP contribution in [0.4, 0.5) is 4.39 Å². The lowest BCUT2D eigenvalue weighted by Crippen LogP contribution is -2.21. The molecule has 5 rings (SSSR count). The number of nitrogens with one attached hydrogen (secondary N) is 1. The highest BCUT2D eigenvalue weighted by atomic mass is 32.2. The number of rotatable bonds is 4. The number of hydrogen-bond donors (Lipinski definition) is 2. The van der Waals surface area contributed by atoms with Crippen LogP contribution in [0.3, 0.4) is 0 Å². The van der Waals surface area contributed by atoms with Crippen molar-refractivity contribution in [1.29, 1.82) is 0 Å². The lowest BCUT2D eigenvalue weighted by Gasteiger charge is -2.20. The molecule has 142 valence electrons. The van der Waals surface area contributed by atoms with Gasteiger partial charge >= 0.3 is 0 Å². The molecule has 1 aliphatic rings. The summed E-state index contributed by atoms with van der Waals surface area (Å²) in [7, 11) is 1.84. The van der Waals surface area contributed by atoms with Gasteiger partial charge in [0.05, 0.1) is 19.2 Å². The molecular formula is C20H18FN5OS. The van der Waals surface area contributed by atoms with Gasteiger partial charge in [-0.3, -0.25) is 4.68 Å². The monoisotopic (exact) mass is 395 g/mol. The maximum absolute atomic E-state index is 13.5. The van der Waals surface area contributed by atoms with Gasteiger partial charge in [0.15, 0.2) is 5.82 Å². The van der Waals surface area contributed by atoms with Gasteiger partial charge < -0.3 is 10.1 Å². The number of hydrogen-bond acceptors (Lipinski definition) is 5. The summed E-state index contributed by atoms with van der Waals surface area (Å²) >= 11 is 1.61. The van der Waals surface area contributed by atoms with E-state index in [9.17, 15) is 9.50 Å². The summed E-state index contributed by atoms with van der Waals surface area (Å²) in [6.07, 6.45) is 3.58. The fourth-order valence-electron chi connectivity index (χ4n) is 3.67. The SMILES string of the molecule is Cn1cnc(CN2Sc3ccc(-c4c[nH]c5cc(F)ccc45)cc3C2CO)n1. The number of aliphatic hydroxyl groups excluding tert-OH is 1. The van der Waals surface area contributed by atoms with E-state index in [1.54, 1.807) is 29.0 Å². The van der Waals surface area contributed by atoms with E-state index in [0.717, 1.165) is 38.3 Å². The molecule has 0 amide bonds. The third-order valence-electron chi connectivity index (χ3n) is 5.00. The largest absolute Gasteiger partial charge is 0.394 e. The minimum atomic E-state index is -0.259. The maximum atomic E-state index is 13.5. The number of nitrogens with zero attached hydrogens (tertiary/aromatic N) is 4. The molecule has 4 aromatic rings. The van der Waals surface area contributed by atoms with Crippen LogP contribution in [0.15, 0.2) is 53.8 Å². The third-order valence-corrected chi connectivity index (χ3v) is 6.19. The fourth-order valence-corrected chi connectivity index (χ4v) is 4.84. The summed E-state index contributed by atoms with van der Waals surface area (Å²) in [5, 5.41) is 15.4. The Labute approximate surface area is 165 Å². The molecule has 0 radical (unpaired) electrons. The molecule has 28 heavy (non-hydrogen) atoms. The van der Waals surface area contributed by atoms with Gasteiger partial charge in [-0.15, -0.1) is 0 Å². The van der Waals surface area contributed by atoms with E-state index in [4.69, 9.17) is 0 Å². The molecule has 0 aliphatic carbocycles. The maximum Gasteiger partial charge on any atom is 0.165 e. The molecule has 0 bridgehead atoms. The number of aryl methyl sites for hydroxylation is 1. The van der Waals surface area contributed by atoms with E-state index in [2.05, 4.69) is 37.6 Å². The van der Waals surface area contributed by atoms with Gasteiger partial charge in [-0.25, -0.2) is 13.7 Å². The summed E-state index contributed by atoms with van der Waals surface area (Å²) in [6.45, 7) is 0.558. The Bertz CT molecular complexity index is 1170. The first kappa shape index (κ1) is 17.4. The van der Waals surface area contributed by atoms with Gasteiger partial charge in [0.25, 0.3) is 0 Å². The average Bonchev–Trinajstić information content (AvgIpc) is 3.37. The smallest absolute Gasteiger partial charge is 0.165 e. The molecule has 0 fully saturated rings. The number of aromatic nitrogens is 4. The highest BCUT2D eigenvalue weighted by Gasteiger charge is 2.32. The lowest BCUT2D eigenvalue weighted by atomic mass is 9.99. The van der Waals surface area contributed by atoms with Gasteiger partial charge in [-0.05, 0) is 53.4 Å². The highest BCUT2D eigenvalue weighted by molar-refractivity contribution is 7.97. The second-order valence-corrected chi connectivity index (χ2v) is 7.94.